The van der Waals surface area contributed by atoms with Crippen molar-refractivity contribution in [3.05, 3.63) is 0 Å². The molecule has 0 radical (unpaired) electrons. The van der Waals surface area contributed by atoms with Crippen molar-refractivity contribution in [2.75, 3.05) is 7.11 Å². The van der Waals surface area contributed by atoms with Crippen LogP contribution < -0.4 is 5.32 Å². The summed E-state index contributed by atoms with van der Waals surface area (Å²) in [5.41, 5.74) is 0. The van der Waals surface area contributed by atoms with Gasteiger partial charge in [-0.15, -0.1) is 0 Å². The summed E-state index contributed by atoms with van der Waals surface area (Å²) in [6.07, 6.45) is 4.56. The average molecular weight is 296 g/mol. The molecule has 4 atom stereocenters. The van der Waals surface area contributed by atoms with Gasteiger partial charge < -0.3 is 15.0 Å². The van der Waals surface area contributed by atoms with E-state index in [1.807, 2.05) is 25.7 Å². The van der Waals surface area contributed by atoms with Crippen molar-refractivity contribution in [3.8, 4) is 0 Å². The summed E-state index contributed by atoms with van der Waals surface area (Å²) in [5.74, 6) is 0.221. The Hall–Kier alpha value is -1.10. The summed E-state index contributed by atoms with van der Waals surface area (Å²) in [6.45, 7) is 6.05. The molecular formula is C16H28N2O3. The Morgan fingerprint density at radius 3 is 2.57 bits per heavy atom. The molecule has 1 aliphatic carbocycles. The van der Waals surface area contributed by atoms with Crippen molar-refractivity contribution in [3.63, 3.8) is 0 Å². The van der Waals surface area contributed by atoms with Gasteiger partial charge in [0.25, 0.3) is 0 Å². The van der Waals surface area contributed by atoms with E-state index in [4.69, 9.17) is 4.74 Å². The van der Waals surface area contributed by atoms with E-state index in [0.29, 0.717) is 6.42 Å². The predicted molar refractivity (Wildman–Crippen MR) is 80.7 cm³/mol. The second-order valence-electron chi connectivity index (χ2n) is 6.61. The number of carbonyl (C=O) groups is 2. The van der Waals surface area contributed by atoms with E-state index in [1.54, 1.807) is 7.11 Å². The maximum atomic E-state index is 12.8. The standard InChI is InChI=1S/C16H28N2O3/c1-5-6-13-16(20)18(11-7-8-12(9-11)21-4)14(10(2)3)15(19)17-13/h10-14H,5-9H2,1-4H3,(H,17,19). The van der Waals surface area contributed by atoms with Crippen LogP contribution >= 0.6 is 0 Å². The average Bonchev–Trinajstić information content (AvgIpc) is 2.90. The molecule has 120 valence electrons. The fraction of sp³-hybridized carbons (Fsp3) is 0.875. The maximum Gasteiger partial charge on any atom is 0.246 e. The summed E-state index contributed by atoms with van der Waals surface area (Å²) >= 11 is 0. The number of carbonyl (C=O) groups excluding carboxylic acids is 2. The van der Waals surface area contributed by atoms with E-state index >= 15 is 0 Å². The summed E-state index contributed by atoms with van der Waals surface area (Å²) in [4.78, 5) is 27.2. The molecule has 1 aliphatic heterocycles. The molecule has 0 aromatic rings. The molecule has 0 aromatic heterocycles. The van der Waals surface area contributed by atoms with Crippen LogP contribution in [-0.2, 0) is 14.3 Å². The molecule has 5 heteroatoms. The van der Waals surface area contributed by atoms with Gasteiger partial charge in [-0.1, -0.05) is 27.2 Å². The topological polar surface area (TPSA) is 58.6 Å². The van der Waals surface area contributed by atoms with Gasteiger partial charge in [-0.2, -0.15) is 0 Å². The SMILES string of the molecule is CCCC1NC(=O)C(C(C)C)N(C2CCC(OC)C2)C1=O. The zero-order valence-corrected chi connectivity index (χ0v) is 13.6. The maximum absolute atomic E-state index is 12.8. The highest BCUT2D eigenvalue weighted by molar-refractivity contribution is 5.97. The zero-order valence-electron chi connectivity index (χ0n) is 13.6. The molecular weight excluding hydrogens is 268 g/mol. The van der Waals surface area contributed by atoms with Crippen molar-refractivity contribution in [1.82, 2.24) is 10.2 Å². The Kier molecular flexibility index (Phi) is 5.25. The van der Waals surface area contributed by atoms with Gasteiger partial charge in [0.2, 0.25) is 11.8 Å². The Morgan fingerprint density at radius 2 is 2.05 bits per heavy atom. The first kappa shape index (κ1) is 16.3. The number of hydrogen-bond donors (Lipinski definition) is 1. The molecule has 1 N–H and O–H groups in total. The lowest BCUT2D eigenvalue weighted by atomic mass is 9.93. The normalized spacial score (nSPS) is 33.7. The van der Waals surface area contributed by atoms with E-state index < -0.39 is 0 Å². The van der Waals surface area contributed by atoms with Crippen LogP contribution in [0.5, 0.6) is 0 Å². The minimum atomic E-state index is -0.348. The fourth-order valence-corrected chi connectivity index (χ4v) is 3.66. The first-order valence-corrected chi connectivity index (χ1v) is 8.14. The van der Waals surface area contributed by atoms with E-state index in [2.05, 4.69) is 5.32 Å². The molecule has 2 fully saturated rings. The van der Waals surface area contributed by atoms with Crippen molar-refractivity contribution < 1.29 is 14.3 Å². The largest absolute Gasteiger partial charge is 0.381 e. The number of methoxy groups -OCH3 is 1. The summed E-state index contributed by atoms with van der Waals surface area (Å²) in [6, 6.07) is -0.550. The van der Waals surface area contributed by atoms with E-state index in [-0.39, 0.29) is 42.0 Å². The third-order valence-corrected chi connectivity index (χ3v) is 4.73. The highest BCUT2D eigenvalue weighted by atomic mass is 16.5. The van der Waals surface area contributed by atoms with Crippen LogP contribution in [0.3, 0.4) is 0 Å². The molecule has 1 saturated heterocycles. The second kappa shape index (κ2) is 6.77. The molecule has 0 aromatic carbocycles. The van der Waals surface area contributed by atoms with Crippen molar-refractivity contribution >= 4 is 11.8 Å². The number of hydrogen-bond acceptors (Lipinski definition) is 3. The van der Waals surface area contributed by atoms with Crippen LogP contribution in [-0.4, -0.2) is 48.1 Å². The number of piperazine rings is 1. The molecule has 0 spiro atoms. The van der Waals surface area contributed by atoms with Gasteiger partial charge in [0.05, 0.1) is 6.10 Å². The molecule has 5 nitrogen and oxygen atoms in total. The number of ether oxygens (including phenoxy) is 1. The highest BCUT2D eigenvalue weighted by Crippen LogP contribution is 2.31. The third-order valence-electron chi connectivity index (χ3n) is 4.73. The molecule has 4 unspecified atom stereocenters. The van der Waals surface area contributed by atoms with Crippen molar-refractivity contribution in [1.29, 1.82) is 0 Å². The lowest BCUT2D eigenvalue weighted by molar-refractivity contribution is -0.154. The Labute approximate surface area is 127 Å². The van der Waals surface area contributed by atoms with Gasteiger partial charge in [-0.25, -0.2) is 0 Å². The molecule has 1 saturated carbocycles. The summed E-state index contributed by atoms with van der Waals surface area (Å²) in [5, 5.41) is 2.92. The minimum Gasteiger partial charge on any atom is -0.381 e. The Bertz CT molecular complexity index is 397. The monoisotopic (exact) mass is 296 g/mol. The third kappa shape index (κ3) is 3.23. The number of rotatable bonds is 5. The number of nitrogens with one attached hydrogen (secondary N) is 1. The molecule has 2 amide bonds. The Balaban J connectivity index is 2.22. The second-order valence-corrected chi connectivity index (χ2v) is 6.61. The molecule has 21 heavy (non-hydrogen) atoms. The van der Waals surface area contributed by atoms with E-state index in [1.165, 1.54) is 0 Å². The van der Waals surface area contributed by atoms with Gasteiger partial charge in [0.1, 0.15) is 12.1 Å². The molecule has 1 heterocycles. The van der Waals surface area contributed by atoms with E-state index in [9.17, 15) is 9.59 Å². The first-order valence-electron chi connectivity index (χ1n) is 8.14. The first-order chi connectivity index (χ1) is 9.99. The van der Waals surface area contributed by atoms with Crippen molar-refractivity contribution in [2.45, 2.75) is 77.1 Å². The van der Waals surface area contributed by atoms with Crippen LogP contribution in [0.25, 0.3) is 0 Å². The highest BCUT2D eigenvalue weighted by Gasteiger charge is 2.46. The van der Waals surface area contributed by atoms with Gasteiger partial charge in [-0.3, -0.25) is 9.59 Å². The number of amides is 2. The van der Waals surface area contributed by atoms with Crippen LogP contribution in [0.15, 0.2) is 0 Å². The van der Waals surface area contributed by atoms with Gasteiger partial charge >= 0.3 is 0 Å². The Morgan fingerprint density at radius 1 is 1.33 bits per heavy atom. The molecule has 0 bridgehead atoms. The quantitative estimate of drug-likeness (QED) is 0.840. The lowest BCUT2D eigenvalue weighted by Gasteiger charge is -2.44. The van der Waals surface area contributed by atoms with Crippen LogP contribution in [0.4, 0.5) is 0 Å². The van der Waals surface area contributed by atoms with Crippen LogP contribution in [0.2, 0.25) is 0 Å². The van der Waals surface area contributed by atoms with Gasteiger partial charge in [0, 0.05) is 13.2 Å². The molecule has 2 rings (SSSR count). The van der Waals surface area contributed by atoms with Gasteiger partial charge in [0.15, 0.2) is 0 Å². The van der Waals surface area contributed by atoms with E-state index in [0.717, 1.165) is 25.7 Å². The molecule has 2 aliphatic rings. The zero-order chi connectivity index (χ0) is 15.6. The summed E-state index contributed by atoms with van der Waals surface area (Å²) < 4.78 is 5.43. The number of nitrogens with zero attached hydrogens (tertiary/aromatic N) is 1. The van der Waals surface area contributed by atoms with Crippen molar-refractivity contribution in [2.24, 2.45) is 5.92 Å². The summed E-state index contributed by atoms with van der Waals surface area (Å²) in [7, 11) is 1.72. The van der Waals surface area contributed by atoms with Crippen LogP contribution in [0, 0.1) is 5.92 Å². The fourth-order valence-electron chi connectivity index (χ4n) is 3.66. The smallest absolute Gasteiger partial charge is 0.246 e. The predicted octanol–water partition coefficient (Wildman–Crippen LogP) is 1.71. The van der Waals surface area contributed by atoms with Crippen LogP contribution in [0.1, 0.15) is 52.9 Å². The lowest BCUT2D eigenvalue weighted by Crippen LogP contribution is -2.66. The minimum absolute atomic E-state index is 0.00363. The van der Waals surface area contributed by atoms with Gasteiger partial charge in [-0.05, 0) is 31.6 Å².